The van der Waals surface area contributed by atoms with Crippen LogP contribution in [0.4, 0.5) is 0 Å². The molecule has 0 aromatic carbocycles. The van der Waals surface area contributed by atoms with Crippen LogP contribution in [0.3, 0.4) is 0 Å². The van der Waals surface area contributed by atoms with E-state index >= 15 is 0 Å². The van der Waals surface area contributed by atoms with Crippen LogP contribution in [0.15, 0.2) is 12.2 Å². The number of nitrogens with zero attached hydrogens (tertiary/aromatic N) is 1. The zero-order valence-electron chi connectivity index (χ0n) is 11.3. The van der Waals surface area contributed by atoms with Gasteiger partial charge >= 0.3 is 0 Å². The minimum absolute atomic E-state index is 0.0750. The molecule has 1 heterocycles. The van der Waals surface area contributed by atoms with Crippen LogP contribution in [0.5, 0.6) is 0 Å². The summed E-state index contributed by atoms with van der Waals surface area (Å²) in [5, 5.41) is 3.04. The SMILES string of the molecule is O=C(NC[C@H]1CC=CCC1)[C@@H]1CC(=O)N(C2CC2)C1. The summed E-state index contributed by atoms with van der Waals surface area (Å²) in [4.78, 5) is 25.8. The molecule has 1 saturated carbocycles. The van der Waals surface area contributed by atoms with Crippen molar-refractivity contribution in [1.82, 2.24) is 10.2 Å². The summed E-state index contributed by atoms with van der Waals surface area (Å²) < 4.78 is 0. The summed E-state index contributed by atoms with van der Waals surface area (Å²) in [6.45, 7) is 1.40. The lowest BCUT2D eigenvalue weighted by atomic mass is 9.94. The molecule has 0 spiro atoms. The smallest absolute Gasteiger partial charge is 0.225 e. The highest BCUT2D eigenvalue weighted by molar-refractivity contribution is 5.89. The number of likely N-dealkylation sites (tertiary alicyclic amines) is 1. The van der Waals surface area contributed by atoms with E-state index < -0.39 is 0 Å². The van der Waals surface area contributed by atoms with Crippen molar-refractivity contribution in [2.45, 2.75) is 44.6 Å². The molecule has 0 aromatic rings. The van der Waals surface area contributed by atoms with Crippen LogP contribution in [0.25, 0.3) is 0 Å². The number of carbonyl (C=O) groups excluding carboxylic acids is 2. The summed E-state index contributed by atoms with van der Waals surface area (Å²) in [5.41, 5.74) is 0. The first-order valence-corrected chi connectivity index (χ1v) is 7.46. The van der Waals surface area contributed by atoms with Gasteiger partial charge in [-0.3, -0.25) is 9.59 Å². The van der Waals surface area contributed by atoms with Gasteiger partial charge in [0.1, 0.15) is 0 Å². The van der Waals surface area contributed by atoms with Gasteiger partial charge in [0.2, 0.25) is 11.8 Å². The third kappa shape index (κ3) is 2.99. The van der Waals surface area contributed by atoms with Crippen LogP contribution in [0.2, 0.25) is 0 Å². The van der Waals surface area contributed by atoms with E-state index in [2.05, 4.69) is 17.5 Å². The Kier molecular flexibility index (Phi) is 3.58. The molecule has 2 amide bonds. The Morgan fingerprint density at radius 3 is 2.84 bits per heavy atom. The lowest BCUT2D eigenvalue weighted by molar-refractivity contribution is -0.129. The Bertz CT molecular complexity index is 401. The third-order valence-corrected chi connectivity index (χ3v) is 4.46. The minimum Gasteiger partial charge on any atom is -0.356 e. The molecule has 2 fully saturated rings. The molecule has 4 heteroatoms. The Balaban J connectivity index is 1.45. The molecule has 2 atom stereocenters. The molecule has 1 aliphatic heterocycles. The van der Waals surface area contributed by atoms with E-state index in [9.17, 15) is 9.59 Å². The van der Waals surface area contributed by atoms with E-state index in [1.807, 2.05) is 4.90 Å². The minimum atomic E-state index is -0.118. The fourth-order valence-electron chi connectivity index (χ4n) is 3.08. The zero-order chi connectivity index (χ0) is 13.2. The molecule has 19 heavy (non-hydrogen) atoms. The molecule has 0 aromatic heterocycles. The first-order valence-electron chi connectivity index (χ1n) is 7.46. The zero-order valence-corrected chi connectivity index (χ0v) is 11.3. The summed E-state index contributed by atoms with van der Waals surface area (Å²) >= 11 is 0. The van der Waals surface area contributed by atoms with Crippen molar-refractivity contribution in [3.63, 3.8) is 0 Å². The lowest BCUT2D eigenvalue weighted by Crippen LogP contribution is -2.36. The van der Waals surface area contributed by atoms with Crippen molar-refractivity contribution in [3.8, 4) is 0 Å². The fraction of sp³-hybridized carbons (Fsp3) is 0.733. The van der Waals surface area contributed by atoms with Crippen molar-refractivity contribution in [2.75, 3.05) is 13.1 Å². The molecule has 2 aliphatic carbocycles. The van der Waals surface area contributed by atoms with E-state index in [0.29, 0.717) is 24.9 Å². The van der Waals surface area contributed by atoms with Crippen molar-refractivity contribution in [1.29, 1.82) is 0 Å². The normalized spacial score (nSPS) is 30.7. The summed E-state index contributed by atoms with van der Waals surface area (Å²) in [6.07, 6.45) is 10.4. The number of allylic oxidation sites excluding steroid dienone is 2. The topological polar surface area (TPSA) is 49.4 Å². The largest absolute Gasteiger partial charge is 0.356 e. The standard InChI is InChI=1S/C15H22N2O2/c18-14-8-12(10-17(14)13-6-7-13)15(19)16-9-11-4-2-1-3-5-11/h1-2,11-13H,3-10H2,(H,16,19)/t11-,12+/m0/s1. The number of amides is 2. The quantitative estimate of drug-likeness (QED) is 0.780. The van der Waals surface area contributed by atoms with Gasteiger partial charge in [-0.05, 0) is 38.0 Å². The van der Waals surface area contributed by atoms with Crippen LogP contribution in [0, 0.1) is 11.8 Å². The van der Waals surface area contributed by atoms with Crippen molar-refractivity contribution >= 4 is 11.8 Å². The maximum Gasteiger partial charge on any atom is 0.225 e. The molecule has 3 aliphatic rings. The van der Waals surface area contributed by atoms with Gasteiger partial charge in [0, 0.05) is 25.6 Å². The van der Waals surface area contributed by atoms with Gasteiger partial charge in [-0.1, -0.05) is 12.2 Å². The lowest BCUT2D eigenvalue weighted by Gasteiger charge is -2.19. The number of carbonyl (C=O) groups is 2. The number of nitrogens with one attached hydrogen (secondary N) is 1. The van der Waals surface area contributed by atoms with Gasteiger partial charge in [-0.15, -0.1) is 0 Å². The maximum absolute atomic E-state index is 12.1. The summed E-state index contributed by atoms with van der Waals surface area (Å²) in [6, 6.07) is 0.439. The van der Waals surface area contributed by atoms with Crippen molar-refractivity contribution < 1.29 is 9.59 Å². The van der Waals surface area contributed by atoms with E-state index in [1.54, 1.807) is 0 Å². The molecular formula is C15H22N2O2. The predicted octanol–water partition coefficient (Wildman–Crippen LogP) is 1.47. The van der Waals surface area contributed by atoms with Crippen LogP contribution in [-0.4, -0.2) is 35.8 Å². The summed E-state index contributed by atoms with van der Waals surface area (Å²) in [5.74, 6) is 0.701. The second-order valence-electron chi connectivity index (χ2n) is 6.07. The molecular weight excluding hydrogens is 240 g/mol. The Labute approximate surface area is 114 Å². The van der Waals surface area contributed by atoms with E-state index in [0.717, 1.165) is 38.6 Å². The highest BCUT2D eigenvalue weighted by Gasteiger charge is 2.41. The van der Waals surface area contributed by atoms with Crippen molar-refractivity contribution in [3.05, 3.63) is 12.2 Å². The monoisotopic (exact) mass is 262 g/mol. The summed E-state index contributed by atoms with van der Waals surface area (Å²) in [7, 11) is 0. The van der Waals surface area contributed by atoms with Gasteiger partial charge in [0.25, 0.3) is 0 Å². The second kappa shape index (κ2) is 5.35. The molecule has 104 valence electrons. The molecule has 1 N–H and O–H groups in total. The highest BCUT2D eigenvalue weighted by Crippen LogP contribution is 2.32. The van der Waals surface area contributed by atoms with Crippen LogP contribution < -0.4 is 5.32 Å². The van der Waals surface area contributed by atoms with Gasteiger partial charge in [0.05, 0.1) is 5.92 Å². The maximum atomic E-state index is 12.1. The molecule has 1 saturated heterocycles. The second-order valence-corrected chi connectivity index (χ2v) is 6.07. The molecule has 0 unspecified atom stereocenters. The van der Waals surface area contributed by atoms with Gasteiger partial charge in [0.15, 0.2) is 0 Å². The predicted molar refractivity (Wildman–Crippen MR) is 72.3 cm³/mol. The van der Waals surface area contributed by atoms with E-state index in [-0.39, 0.29) is 17.7 Å². The Morgan fingerprint density at radius 2 is 2.16 bits per heavy atom. The van der Waals surface area contributed by atoms with Crippen LogP contribution in [0.1, 0.15) is 38.5 Å². The van der Waals surface area contributed by atoms with Gasteiger partial charge < -0.3 is 10.2 Å². The molecule has 3 rings (SSSR count). The van der Waals surface area contributed by atoms with E-state index in [4.69, 9.17) is 0 Å². The number of hydrogen-bond acceptors (Lipinski definition) is 2. The first kappa shape index (κ1) is 12.7. The Morgan fingerprint density at radius 1 is 1.32 bits per heavy atom. The first-order chi connectivity index (χ1) is 9.24. The van der Waals surface area contributed by atoms with Crippen LogP contribution >= 0.6 is 0 Å². The average molecular weight is 262 g/mol. The Hall–Kier alpha value is -1.32. The number of hydrogen-bond donors (Lipinski definition) is 1. The molecule has 0 bridgehead atoms. The van der Waals surface area contributed by atoms with Crippen molar-refractivity contribution in [2.24, 2.45) is 11.8 Å². The van der Waals surface area contributed by atoms with Crippen LogP contribution in [-0.2, 0) is 9.59 Å². The molecule has 4 nitrogen and oxygen atoms in total. The fourth-order valence-corrected chi connectivity index (χ4v) is 3.08. The number of rotatable bonds is 4. The average Bonchev–Trinajstić information content (AvgIpc) is 3.20. The highest BCUT2D eigenvalue weighted by atomic mass is 16.2. The third-order valence-electron chi connectivity index (χ3n) is 4.46. The van der Waals surface area contributed by atoms with E-state index in [1.165, 1.54) is 0 Å². The molecule has 0 radical (unpaired) electrons. The van der Waals surface area contributed by atoms with Gasteiger partial charge in [-0.2, -0.15) is 0 Å². The van der Waals surface area contributed by atoms with Gasteiger partial charge in [-0.25, -0.2) is 0 Å².